The largest absolute Gasteiger partial charge is 0.369 e. The Morgan fingerprint density at radius 3 is 2.55 bits per heavy atom. The lowest BCUT2D eigenvalue weighted by Gasteiger charge is -2.16. The minimum Gasteiger partial charge on any atom is -0.369 e. The summed E-state index contributed by atoms with van der Waals surface area (Å²) in [6.45, 7) is 2.39. The fraction of sp³-hybridized carbons (Fsp3) is 0.385. The van der Waals surface area contributed by atoms with E-state index in [2.05, 4.69) is 15.3 Å². The van der Waals surface area contributed by atoms with Crippen LogP contribution in [0.25, 0.3) is 10.9 Å². The van der Waals surface area contributed by atoms with E-state index in [-0.39, 0.29) is 11.3 Å². The first kappa shape index (κ1) is 14.5. The summed E-state index contributed by atoms with van der Waals surface area (Å²) in [5.41, 5.74) is 0.205. The number of nitrogens with zero attached hydrogens (tertiary/aromatic N) is 2. The lowest BCUT2D eigenvalue weighted by atomic mass is 10.2. The second-order valence-electron chi connectivity index (χ2n) is 4.26. The molecule has 108 valence electrons. The molecule has 0 unspecified atom stereocenters. The van der Waals surface area contributed by atoms with Gasteiger partial charge in [-0.25, -0.2) is 18.7 Å². The lowest BCUT2D eigenvalue weighted by molar-refractivity contribution is -0.140. The SMILES string of the molecule is CCCNc1nc(C(F)(F)C(F)F)nc2ccccc12. The van der Waals surface area contributed by atoms with Gasteiger partial charge >= 0.3 is 12.3 Å². The van der Waals surface area contributed by atoms with Crippen molar-refractivity contribution in [3.8, 4) is 0 Å². The molecule has 3 nitrogen and oxygen atoms in total. The Labute approximate surface area is 113 Å². The molecule has 0 saturated heterocycles. The summed E-state index contributed by atoms with van der Waals surface area (Å²) >= 11 is 0. The van der Waals surface area contributed by atoms with Crippen molar-refractivity contribution in [2.24, 2.45) is 0 Å². The van der Waals surface area contributed by atoms with Crippen molar-refractivity contribution in [3.05, 3.63) is 30.1 Å². The van der Waals surface area contributed by atoms with E-state index in [1.54, 1.807) is 18.2 Å². The van der Waals surface area contributed by atoms with Crippen LogP contribution in [-0.4, -0.2) is 22.9 Å². The molecule has 1 aromatic heterocycles. The van der Waals surface area contributed by atoms with E-state index in [1.165, 1.54) is 6.07 Å². The third-order valence-corrected chi connectivity index (χ3v) is 2.72. The lowest BCUT2D eigenvalue weighted by Crippen LogP contribution is -2.27. The number of rotatable bonds is 5. The Kier molecular flexibility index (Phi) is 4.06. The number of anilines is 1. The second kappa shape index (κ2) is 5.60. The van der Waals surface area contributed by atoms with Gasteiger partial charge in [0.2, 0.25) is 5.82 Å². The summed E-state index contributed by atoms with van der Waals surface area (Å²) in [4.78, 5) is 7.13. The van der Waals surface area contributed by atoms with Crippen LogP contribution in [0.15, 0.2) is 24.3 Å². The molecule has 0 aliphatic heterocycles. The highest BCUT2D eigenvalue weighted by Gasteiger charge is 2.46. The molecule has 0 aliphatic rings. The van der Waals surface area contributed by atoms with Crippen LogP contribution in [0.2, 0.25) is 0 Å². The van der Waals surface area contributed by atoms with Gasteiger partial charge in [-0.2, -0.15) is 8.78 Å². The van der Waals surface area contributed by atoms with Crippen LogP contribution in [0.1, 0.15) is 19.2 Å². The molecular formula is C13H13F4N3. The number of hydrogen-bond donors (Lipinski definition) is 1. The average Bonchev–Trinajstić information content (AvgIpc) is 2.44. The Morgan fingerprint density at radius 1 is 1.20 bits per heavy atom. The highest BCUT2D eigenvalue weighted by molar-refractivity contribution is 5.89. The zero-order valence-corrected chi connectivity index (χ0v) is 10.7. The first-order valence-electron chi connectivity index (χ1n) is 6.14. The van der Waals surface area contributed by atoms with Gasteiger partial charge in [0.1, 0.15) is 5.82 Å². The van der Waals surface area contributed by atoms with E-state index in [4.69, 9.17) is 0 Å². The van der Waals surface area contributed by atoms with Crippen molar-refractivity contribution in [2.45, 2.75) is 25.7 Å². The smallest absolute Gasteiger partial charge is 0.365 e. The van der Waals surface area contributed by atoms with Gasteiger partial charge in [-0.05, 0) is 18.6 Å². The zero-order valence-electron chi connectivity index (χ0n) is 10.7. The van der Waals surface area contributed by atoms with Crippen LogP contribution >= 0.6 is 0 Å². The van der Waals surface area contributed by atoms with Gasteiger partial charge < -0.3 is 5.32 Å². The number of fused-ring (bicyclic) bond motifs is 1. The van der Waals surface area contributed by atoms with Gasteiger partial charge in [0.05, 0.1) is 5.52 Å². The first-order valence-corrected chi connectivity index (χ1v) is 6.14. The summed E-state index contributed by atoms with van der Waals surface area (Å²) < 4.78 is 51.7. The standard InChI is InChI=1S/C13H13F4N3/c1-2-7-18-10-8-5-3-4-6-9(8)19-12(20-10)13(16,17)11(14)15/h3-6,11H,2,7H2,1H3,(H,18,19,20). The molecule has 0 spiro atoms. The molecule has 0 aliphatic carbocycles. The van der Waals surface area contributed by atoms with E-state index in [0.29, 0.717) is 11.9 Å². The van der Waals surface area contributed by atoms with Crippen molar-refractivity contribution >= 4 is 16.7 Å². The normalized spacial score (nSPS) is 12.1. The van der Waals surface area contributed by atoms with Gasteiger partial charge in [0.25, 0.3) is 0 Å². The minimum absolute atomic E-state index is 0.146. The second-order valence-corrected chi connectivity index (χ2v) is 4.26. The van der Waals surface area contributed by atoms with Gasteiger partial charge in [0, 0.05) is 11.9 Å². The van der Waals surface area contributed by atoms with E-state index in [1.807, 2.05) is 6.92 Å². The number of nitrogens with one attached hydrogen (secondary N) is 1. The van der Waals surface area contributed by atoms with Gasteiger partial charge in [0.15, 0.2) is 0 Å². The van der Waals surface area contributed by atoms with E-state index >= 15 is 0 Å². The first-order chi connectivity index (χ1) is 9.46. The number of aromatic nitrogens is 2. The molecule has 1 N–H and O–H groups in total. The number of hydrogen-bond acceptors (Lipinski definition) is 3. The Bertz CT molecular complexity index is 601. The predicted molar refractivity (Wildman–Crippen MR) is 68.2 cm³/mol. The van der Waals surface area contributed by atoms with Gasteiger partial charge in [-0.1, -0.05) is 19.1 Å². The van der Waals surface area contributed by atoms with E-state index in [9.17, 15) is 17.6 Å². The number of alkyl halides is 4. The van der Waals surface area contributed by atoms with Crippen LogP contribution in [0.5, 0.6) is 0 Å². The summed E-state index contributed by atoms with van der Waals surface area (Å²) in [6.07, 6.45) is -3.10. The molecule has 0 atom stereocenters. The molecule has 1 heterocycles. The van der Waals surface area contributed by atoms with Crippen molar-refractivity contribution in [1.29, 1.82) is 0 Å². The highest BCUT2D eigenvalue weighted by Crippen LogP contribution is 2.34. The molecule has 0 bridgehead atoms. The molecule has 1 aromatic carbocycles. The molecule has 7 heteroatoms. The number of benzene rings is 1. The summed E-state index contributed by atoms with van der Waals surface area (Å²) in [7, 11) is 0. The molecule has 0 fully saturated rings. The molecular weight excluding hydrogens is 274 g/mol. The summed E-state index contributed by atoms with van der Waals surface area (Å²) in [5, 5.41) is 3.38. The monoisotopic (exact) mass is 287 g/mol. The van der Waals surface area contributed by atoms with Crippen molar-refractivity contribution in [1.82, 2.24) is 9.97 Å². The van der Waals surface area contributed by atoms with Crippen molar-refractivity contribution in [2.75, 3.05) is 11.9 Å². The quantitative estimate of drug-likeness (QED) is 0.850. The maximum atomic E-state index is 13.4. The van der Waals surface area contributed by atoms with E-state index in [0.717, 1.165) is 6.42 Å². The van der Waals surface area contributed by atoms with Crippen LogP contribution in [0.3, 0.4) is 0 Å². The van der Waals surface area contributed by atoms with Crippen molar-refractivity contribution < 1.29 is 17.6 Å². The number of halogens is 4. The van der Waals surface area contributed by atoms with Crippen LogP contribution < -0.4 is 5.32 Å². The maximum absolute atomic E-state index is 13.4. The van der Waals surface area contributed by atoms with E-state index < -0.39 is 18.2 Å². The van der Waals surface area contributed by atoms with Crippen LogP contribution in [-0.2, 0) is 5.92 Å². The molecule has 2 rings (SSSR count). The molecule has 0 saturated carbocycles. The van der Waals surface area contributed by atoms with Gasteiger partial charge in [-0.15, -0.1) is 0 Å². The average molecular weight is 287 g/mol. The van der Waals surface area contributed by atoms with Crippen molar-refractivity contribution in [3.63, 3.8) is 0 Å². The Morgan fingerprint density at radius 2 is 1.90 bits per heavy atom. The molecule has 0 amide bonds. The third-order valence-electron chi connectivity index (χ3n) is 2.72. The molecule has 2 aromatic rings. The molecule has 0 radical (unpaired) electrons. The zero-order chi connectivity index (χ0) is 14.8. The van der Waals surface area contributed by atoms with Gasteiger partial charge in [-0.3, -0.25) is 0 Å². The summed E-state index contributed by atoms with van der Waals surface area (Å²) in [6, 6.07) is 6.44. The topological polar surface area (TPSA) is 37.8 Å². The third kappa shape index (κ3) is 2.66. The Hall–Kier alpha value is -1.92. The fourth-order valence-electron chi connectivity index (χ4n) is 1.70. The Balaban J connectivity index is 2.57. The number of para-hydroxylation sites is 1. The molecule has 20 heavy (non-hydrogen) atoms. The minimum atomic E-state index is -4.37. The fourth-order valence-corrected chi connectivity index (χ4v) is 1.70. The maximum Gasteiger partial charge on any atom is 0.365 e. The van der Waals surface area contributed by atoms with Crippen LogP contribution in [0.4, 0.5) is 23.4 Å². The van der Waals surface area contributed by atoms with Crippen LogP contribution in [0, 0.1) is 0 Å². The summed E-state index contributed by atoms with van der Waals surface area (Å²) in [5.74, 6) is -5.38. The predicted octanol–water partition coefficient (Wildman–Crippen LogP) is 3.81. The highest BCUT2D eigenvalue weighted by atomic mass is 19.3.